The molecule has 0 N–H and O–H groups in total. The summed E-state index contributed by atoms with van der Waals surface area (Å²) in [6, 6.07) is 0. The van der Waals surface area contributed by atoms with Gasteiger partial charge in [0.25, 0.3) is 0 Å². The van der Waals surface area contributed by atoms with Gasteiger partial charge in [-0.2, -0.15) is 0 Å². The maximum absolute atomic E-state index is 12.7. The first-order valence-corrected chi connectivity index (χ1v) is 24.8. The molecule has 0 aliphatic rings. The van der Waals surface area contributed by atoms with Crippen molar-refractivity contribution in [3.05, 3.63) is 0 Å². The highest BCUT2D eigenvalue weighted by molar-refractivity contribution is 5.71. The average Bonchev–Trinajstić information content (AvgIpc) is 3.18. The predicted octanol–water partition coefficient (Wildman–Crippen LogP) is 15.8. The van der Waals surface area contributed by atoms with Crippen molar-refractivity contribution in [2.24, 2.45) is 11.8 Å². The van der Waals surface area contributed by atoms with Crippen molar-refractivity contribution in [2.75, 3.05) is 13.2 Å². The number of carbonyl (C=O) groups is 3. The van der Waals surface area contributed by atoms with Gasteiger partial charge >= 0.3 is 17.9 Å². The molecule has 56 heavy (non-hydrogen) atoms. The molecule has 6 heteroatoms. The van der Waals surface area contributed by atoms with Crippen LogP contribution in [0.15, 0.2) is 0 Å². The van der Waals surface area contributed by atoms with E-state index in [0.717, 1.165) is 69.6 Å². The average molecular weight is 793 g/mol. The summed E-state index contributed by atoms with van der Waals surface area (Å²) in [5.74, 6) is 0.833. The fourth-order valence-electron chi connectivity index (χ4n) is 7.43. The molecule has 0 rings (SSSR count). The van der Waals surface area contributed by atoms with Crippen LogP contribution >= 0.6 is 0 Å². The zero-order valence-electron chi connectivity index (χ0n) is 38.3. The molecule has 2 atom stereocenters. The number of carbonyl (C=O) groups excluding carboxylic acids is 3. The fourth-order valence-corrected chi connectivity index (χ4v) is 7.43. The third-order valence-corrected chi connectivity index (χ3v) is 11.6. The molecule has 0 saturated carbocycles. The van der Waals surface area contributed by atoms with Gasteiger partial charge in [0.1, 0.15) is 13.2 Å². The lowest BCUT2D eigenvalue weighted by Crippen LogP contribution is -2.30. The molecular formula is C50H96O6. The van der Waals surface area contributed by atoms with Gasteiger partial charge in [-0.05, 0) is 31.1 Å². The van der Waals surface area contributed by atoms with Crippen LogP contribution < -0.4 is 0 Å². The van der Waals surface area contributed by atoms with Crippen LogP contribution in [-0.4, -0.2) is 37.2 Å². The molecule has 0 amide bonds. The Morgan fingerprint density at radius 3 is 1.02 bits per heavy atom. The molecule has 0 aliphatic carbocycles. The van der Waals surface area contributed by atoms with Crippen LogP contribution in [0.1, 0.15) is 272 Å². The molecule has 332 valence electrons. The molecular weight excluding hydrogens is 697 g/mol. The van der Waals surface area contributed by atoms with E-state index in [1.807, 2.05) is 0 Å². The zero-order chi connectivity index (χ0) is 41.2. The molecule has 0 spiro atoms. The topological polar surface area (TPSA) is 78.9 Å². The van der Waals surface area contributed by atoms with Crippen LogP contribution in [-0.2, 0) is 28.6 Å². The lowest BCUT2D eigenvalue weighted by Gasteiger charge is -2.18. The highest BCUT2D eigenvalue weighted by atomic mass is 16.6. The number of hydrogen-bond donors (Lipinski definition) is 0. The Kier molecular flexibility index (Phi) is 41.8. The summed E-state index contributed by atoms with van der Waals surface area (Å²) < 4.78 is 16.8. The summed E-state index contributed by atoms with van der Waals surface area (Å²) in [5.41, 5.74) is 0. The van der Waals surface area contributed by atoms with E-state index in [-0.39, 0.29) is 31.1 Å². The normalized spacial score (nSPS) is 12.5. The minimum Gasteiger partial charge on any atom is -0.462 e. The SMILES string of the molecule is CCCCCCCCCCCCCC(=O)OC[C@@H](COC(=O)CCCCCCCCCCCCC(C)CC)OC(=O)CCCCCCCCCCCCC(C)C. The minimum absolute atomic E-state index is 0.0643. The summed E-state index contributed by atoms with van der Waals surface area (Å²) in [6.07, 6.45) is 42.2. The third kappa shape index (κ3) is 42.0. The van der Waals surface area contributed by atoms with Crippen molar-refractivity contribution in [1.29, 1.82) is 0 Å². The summed E-state index contributed by atoms with van der Waals surface area (Å²) >= 11 is 0. The van der Waals surface area contributed by atoms with Gasteiger partial charge in [0.15, 0.2) is 6.10 Å². The smallest absolute Gasteiger partial charge is 0.306 e. The van der Waals surface area contributed by atoms with Gasteiger partial charge in [0, 0.05) is 19.3 Å². The van der Waals surface area contributed by atoms with Gasteiger partial charge in [-0.3, -0.25) is 14.4 Å². The maximum atomic E-state index is 12.7. The first-order valence-electron chi connectivity index (χ1n) is 24.8. The molecule has 0 heterocycles. The number of esters is 3. The van der Waals surface area contributed by atoms with Gasteiger partial charge in [0.2, 0.25) is 0 Å². The Balaban J connectivity index is 4.33. The lowest BCUT2D eigenvalue weighted by molar-refractivity contribution is -0.167. The van der Waals surface area contributed by atoms with E-state index >= 15 is 0 Å². The molecule has 6 nitrogen and oxygen atoms in total. The van der Waals surface area contributed by atoms with Gasteiger partial charge < -0.3 is 14.2 Å². The van der Waals surface area contributed by atoms with Crippen LogP contribution in [0.5, 0.6) is 0 Å². The number of hydrogen-bond acceptors (Lipinski definition) is 6. The minimum atomic E-state index is -0.761. The standard InChI is InChI=1S/C50H96O6/c1-6-8-9-10-11-12-13-20-25-30-35-40-48(51)54-43-47(56-50(53)42-37-32-27-22-16-14-18-23-28-33-38-45(3)4)44-55-49(52)41-36-31-26-21-17-15-19-24-29-34-39-46(5)7-2/h45-47H,6-44H2,1-5H3/t46?,47-/m0/s1. The Hall–Kier alpha value is -1.59. The Bertz CT molecular complexity index is 856. The van der Waals surface area contributed by atoms with Crippen molar-refractivity contribution in [1.82, 2.24) is 0 Å². The third-order valence-electron chi connectivity index (χ3n) is 11.6. The van der Waals surface area contributed by atoms with Crippen molar-refractivity contribution in [3.8, 4) is 0 Å². The van der Waals surface area contributed by atoms with E-state index in [4.69, 9.17) is 14.2 Å². The molecule has 0 bridgehead atoms. The zero-order valence-corrected chi connectivity index (χ0v) is 38.3. The van der Waals surface area contributed by atoms with E-state index in [0.29, 0.717) is 19.3 Å². The lowest BCUT2D eigenvalue weighted by atomic mass is 9.99. The predicted molar refractivity (Wildman–Crippen MR) is 238 cm³/mol. The number of unbranched alkanes of at least 4 members (excludes halogenated alkanes) is 28. The molecule has 0 saturated heterocycles. The van der Waals surface area contributed by atoms with Crippen molar-refractivity contribution < 1.29 is 28.6 Å². The van der Waals surface area contributed by atoms with E-state index in [1.54, 1.807) is 0 Å². The van der Waals surface area contributed by atoms with Crippen molar-refractivity contribution >= 4 is 17.9 Å². The Morgan fingerprint density at radius 1 is 0.375 bits per heavy atom. The summed E-state index contributed by atoms with van der Waals surface area (Å²) in [6.45, 7) is 11.4. The van der Waals surface area contributed by atoms with Gasteiger partial charge in [0.05, 0.1) is 0 Å². The van der Waals surface area contributed by atoms with Crippen LogP contribution in [0.2, 0.25) is 0 Å². The molecule has 1 unspecified atom stereocenters. The number of rotatable bonds is 44. The first-order chi connectivity index (χ1) is 27.3. The Morgan fingerprint density at radius 2 is 0.679 bits per heavy atom. The van der Waals surface area contributed by atoms with Crippen LogP contribution in [0.4, 0.5) is 0 Å². The number of ether oxygens (including phenoxy) is 3. The molecule has 0 aromatic rings. The fraction of sp³-hybridized carbons (Fsp3) is 0.940. The molecule has 0 aromatic heterocycles. The molecule has 0 radical (unpaired) electrons. The second-order valence-electron chi connectivity index (χ2n) is 17.8. The second-order valence-corrected chi connectivity index (χ2v) is 17.8. The second kappa shape index (κ2) is 43.0. The van der Waals surface area contributed by atoms with Crippen molar-refractivity contribution in [3.63, 3.8) is 0 Å². The highest BCUT2D eigenvalue weighted by Gasteiger charge is 2.19. The van der Waals surface area contributed by atoms with E-state index in [2.05, 4.69) is 34.6 Å². The van der Waals surface area contributed by atoms with Crippen LogP contribution in [0, 0.1) is 11.8 Å². The van der Waals surface area contributed by atoms with Crippen LogP contribution in [0.25, 0.3) is 0 Å². The summed E-state index contributed by atoms with van der Waals surface area (Å²) in [7, 11) is 0. The van der Waals surface area contributed by atoms with Crippen molar-refractivity contribution in [2.45, 2.75) is 278 Å². The monoisotopic (exact) mass is 793 g/mol. The highest BCUT2D eigenvalue weighted by Crippen LogP contribution is 2.17. The van der Waals surface area contributed by atoms with E-state index < -0.39 is 6.10 Å². The summed E-state index contributed by atoms with van der Waals surface area (Å²) in [5, 5.41) is 0. The summed E-state index contributed by atoms with van der Waals surface area (Å²) in [4.78, 5) is 37.8. The molecule has 0 fully saturated rings. The first kappa shape index (κ1) is 54.4. The van der Waals surface area contributed by atoms with E-state index in [1.165, 1.54) is 161 Å². The van der Waals surface area contributed by atoms with Crippen LogP contribution in [0.3, 0.4) is 0 Å². The molecule has 0 aromatic carbocycles. The Labute approximate surface area is 348 Å². The van der Waals surface area contributed by atoms with Gasteiger partial charge in [-0.15, -0.1) is 0 Å². The van der Waals surface area contributed by atoms with Gasteiger partial charge in [-0.25, -0.2) is 0 Å². The van der Waals surface area contributed by atoms with Gasteiger partial charge in [-0.1, -0.05) is 234 Å². The quantitative estimate of drug-likeness (QED) is 0.0347. The largest absolute Gasteiger partial charge is 0.462 e. The maximum Gasteiger partial charge on any atom is 0.306 e. The van der Waals surface area contributed by atoms with E-state index in [9.17, 15) is 14.4 Å². The molecule has 0 aliphatic heterocycles.